The number of hydrogen-bond acceptors (Lipinski definition) is 5. The van der Waals surface area contributed by atoms with E-state index in [1.165, 1.54) is 0 Å². The van der Waals surface area contributed by atoms with E-state index in [0.29, 0.717) is 0 Å². The quantitative estimate of drug-likeness (QED) is 0.529. The summed E-state index contributed by atoms with van der Waals surface area (Å²) in [4.78, 5) is 0. The van der Waals surface area contributed by atoms with E-state index in [4.69, 9.17) is 0 Å². The highest BCUT2D eigenvalue weighted by molar-refractivity contribution is 7.99. The number of rotatable bonds is 3. The summed E-state index contributed by atoms with van der Waals surface area (Å²) in [6.07, 6.45) is 0. The molecule has 0 fully saturated rings. The van der Waals surface area contributed by atoms with E-state index in [1.807, 2.05) is 7.05 Å². The van der Waals surface area contributed by atoms with E-state index in [2.05, 4.69) is 28.2 Å². The van der Waals surface area contributed by atoms with Crippen LogP contribution in [0.3, 0.4) is 0 Å². The van der Waals surface area contributed by atoms with Crippen molar-refractivity contribution in [2.45, 2.75) is 5.16 Å². The Kier molecular flexibility index (Phi) is 3.01. The van der Waals surface area contributed by atoms with Crippen LogP contribution >= 0.6 is 24.4 Å². The highest BCUT2D eigenvalue weighted by Crippen LogP contribution is 2.11. The predicted octanol–water partition coefficient (Wildman–Crippen LogP) is 0.232. The summed E-state index contributed by atoms with van der Waals surface area (Å²) in [5.74, 6) is 1.79. The molecule has 0 saturated heterocycles. The maximum Gasteiger partial charge on any atom is 0.209 e. The van der Waals surface area contributed by atoms with Gasteiger partial charge in [-0.2, -0.15) is 12.6 Å². The van der Waals surface area contributed by atoms with Crippen LogP contribution in [0.25, 0.3) is 0 Å². The normalized spacial score (nSPS) is 10.2. The van der Waals surface area contributed by atoms with Gasteiger partial charge in [-0.15, -0.1) is 5.10 Å². The van der Waals surface area contributed by atoms with Crippen LogP contribution in [0.15, 0.2) is 5.16 Å². The number of nitrogens with zero attached hydrogens (tertiary/aromatic N) is 4. The molecule has 1 heterocycles. The van der Waals surface area contributed by atoms with Crippen LogP contribution in [0, 0.1) is 0 Å². The Bertz CT molecular complexity index is 199. The van der Waals surface area contributed by atoms with E-state index in [9.17, 15) is 0 Å². The lowest BCUT2D eigenvalue weighted by Crippen LogP contribution is -1.93. The molecule has 1 rings (SSSR count). The van der Waals surface area contributed by atoms with E-state index in [1.54, 1.807) is 16.4 Å². The predicted molar refractivity (Wildman–Crippen MR) is 43.4 cm³/mol. The van der Waals surface area contributed by atoms with Crippen molar-refractivity contribution >= 4 is 24.4 Å². The minimum Gasteiger partial charge on any atom is -0.224 e. The Morgan fingerprint density at radius 2 is 2.50 bits per heavy atom. The van der Waals surface area contributed by atoms with Gasteiger partial charge in [0.15, 0.2) is 0 Å². The van der Waals surface area contributed by atoms with Crippen molar-refractivity contribution in [3.05, 3.63) is 0 Å². The average molecular weight is 176 g/mol. The number of thioether (sulfide) groups is 1. The molecule has 0 atom stereocenters. The van der Waals surface area contributed by atoms with E-state index in [-0.39, 0.29) is 0 Å². The topological polar surface area (TPSA) is 43.6 Å². The molecular formula is C4H8N4S2. The first-order valence-electron chi connectivity index (χ1n) is 2.80. The van der Waals surface area contributed by atoms with Crippen molar-refractivity contribution in [3.8, 4) is 0 Å². The molecule has 0 saturated carbocycles. The fraction of sp³-hybridized carbons (Fsp3) is 0.750. The van der Waals surface area contributed by atoms with Crippen molar-refractivity contribution in [1.82, 2.24) is 20.2 Å². The van der Waals surface area contributed by atoms with Gasteiger partial charge in [0, 0.05) is 12.8 Å². The lowest BCUT2D eigenvalue weighted by molar-refractivity contribution is 0.665. The second kappa shape index (κ2) is 3.82. The third-order valence-electron chi connectivity index (χ3n) is 0.904. The summed E-state index contributed by atoms with van der Waals surface area (Å²) in [7, 11) is 1.82. The highest BCUT2D eigenvalue weighted by atomic mass is 32.2. The SMILES string of the molecule is Cn1nnnc1SCCS. The molecule has 0 aliphatic rings. The van der Waals surface area contributed by atoms with Gasteiger partial charge < -0.3 is 0 Å². The van der Waals surface area contributed by atoms with Crippen LogP contribution in [0.4, 0.5) is 0 Å². The standard InChI is InChI=1S/C4H8N4S2/c1-8-4(5-6-7-8)10-3-2-9/h9H,2-3H2,1H3. The second-order valence-electron chi connectivity index (χ2n) is 1.66. The van der Waals surface area contributed by atoms with Crippen molar-refractivity contribution in [3.63, 3.8) is 0 Å². The summed E-state index contributed by atoms with van der Waals surface area (Å²) in [5, 5.41) is 11.8. The zero-order valence-electron chi connectivity index (χ0n) is 5.56. The van der Waals surface area contributed by atoms with Crippen LogP contribution in [0.2, 0.25) is 0 Å². The molecular weight excluding hydrogens is 168 g/mol. The van der Waals surface area contributed by atoms with Gasteiger partial charge in [0.05, 0.1) is 0 Å². The average Bonchev–Trinajstić information content (AvgIpc) is 2.31. The molecule has 0 unspecified atom stereocenters. The lowest BCUT2D eigenvalue weighted by Gasteiger charge is -1.93. The number of aryl methyl sites for hydroxylation is 1. The Hall–Kier alpha value is -0.230. The van der Waals surface area contributed by atoms with Crippen LogP contribution in [-0.2, 0) is 7.05 Å². The Balaban J connectivity index is 2.49. The van der Waals surface area contributed by atoms with Crippen LogP contribution in [-0.4, -0.2) is 31.7 Å². The maximum atomic E-state index is 4.07. The highest BCUT2D eigenvalue weighted by Gasteiger charge is 1.99. The first kappa shape index (κ1) is 7.87. The molecule has 6 heteroatoms. The van der Waals surface area contributed by atoms with Gasteiger partial charge in [0.1, 0.15) is 0 Å². The van der Waals surface area contributed by atoms with Gasteiger partial charge in [0.2, 0.25) is 5.16 Å². The van der Waals surface area contributed by atoms with Crippen molar-refractivity contribution < 1.29 is 0 Å². The summed E-state index contributed by atoms with van der Waals surface area (Å²) in [6, 6.07) is 0. The maximum absolute atomic E-state index is 4.07. The van der Waals surface area contributed by atoms with Crippen molar-refractivity contribution in [2.24, 2.45) is 7.05 Å². The molecule has 56 valence electrons. The van der Waals surface area contributed by atoms with Crippen LogP contribution in [0.1, 0.15) is 0 Å². The zero-order chi connectivity index (χ0) is 7.40. The van der Waals surface area contributed by atoms with Crippen molar-refractivity contribution in [1.29, 1.82) is 0 Å². The largest absolute Gasteiger partial charge is 0.224 e. The Labute approximate surface area is 68.8 Å². The second-order valence-corrected chi connectivity index (χ2v) is 3.17. The molecule has 0 bridgehead atoms. The smallest absolute Gasteiger partial charge is 0.209 e. The van der Waals surface area contributed by atoms with Crippen LogP contribution in [0.5, 0.6) is 0 Å². The molecule has 10 heavy (non-hydrogen) atoms. The molecule has 0 radical (unpaired) electrons. The van der Waals surface area contributed by atoms with Gasteiger partial charge in [0.25, 0.3) is 0 Å². The fourth-order valence-corrected chi connectivity index (χ4v) is 1.35. The summed E-state index contributed by atoms with van der Waals surface area (Å²) in [6.45, 7) is 0. The van der Waals surface area contributed by atoms with Crippen molar-refractivity contribution in [2.75, 3.05) is 11.5 Å². The first-order valence-corrected chi connectivity index (χ1v) is 4.42. The monoisotopic (exact) mass is 176 g/mol. The molecule has 1 aromatic heterocycles. The number of aromatic nitrogens is 4. The van der Waals surface area contributed by atoms with Crippen LogP contribution < -0.4 is 0 Å². The van der Waals surface area contributed by atoms with E-state index < -0.39 is 0 Å². The summed E-state index contributed by atoms with van der Waals surface area (Å²) < 4.78 is 1.65. The van der Waals surface area contributed by atoms with Gasteiger partial charge >= 0.3 is 0 Å². The minimum absolute atomic E-state index is 0.842. The summed E-state index contributed by atoms with van der Waals surface area (Å²) in [5.41, 5.74) is 0. The molecule has 0 aliphatic heterocycles. The Morgan fingerprint density at radius 3 is 3.00 bits per heavy atom. The lowest BCUT2D eigenvalue weighted by atomic mass is 11.0. The molecule has 0 spiro atoms. The van der Waals surface area contributed by atoms with Gasteiger partial charge in [-0.3, -0.25) is 0 Å². The molecule has 4 nitrogen and oxygen atoms in total. The molecule has 0 amide bonds. The molecule has 1 aromatic rings. The first-order chi connectivity index (χ1) is 4.84. The third-order valence-corrected chi connectivity index (χ3v) is 2.44. The van der Waals surface area contributed by atoms with Gasteiger partial charge in [-0.05, 0) is 16.2 Å². The summed E-state index contributed by atoms with van der Waals surface area (Å²) >= 11 is 5.67. The molecule has 0 N–H and O–H groups in total. The number of tetrazole rings is 1. The minimum atomic E-state index is 0.842. The fourth-order valence-electron chi connectivity index (χ4n) is 0.480. The van der Waals surface area contributed by atoms with E-state index in [0.717, 1.165) is 16.7 Å². The molecule has 0 aliphatic carbocycles. The van der Waals surface area contributed by atoms with E-state index >= 15 is 0 Å². The molecule has 0 aromatic carbocycles. The van der Waals surface area contributed by atoms with Gasteiger partial charge in [-0.1, -0.05) is 11.8 Å². The number of thiol groups is 1. The van der Waals surface area contributed by atoms with Gasteiger partial charge in [-0.25, -0.2) is 4.68 Å². The zero-order valence-corrected chi connectivity index (χ0v) is 7.27. The third kappa shape index (κ3) is 1.88. The number of hydrogen-bond donors (Lipinski definition) is 1. The Morgan fingerprint density at radius 1 is 1.70 bits per heavy atom.